The number of aromatic nitrogens is 2. The Balaban J connectivity index is 2.44. The van der Waals surface area contributed by atoms with E-state index in [1.165, 1.54) is 13.0 Å². The molecule has 0 bridgehead atoms. The number of nitrogens with zero attached hydrogens (tertiary/aromatic N) is 1. The van der Waals surface area contributed by atoms with E-state index < -0.39 is 0 Å². The molecule has 0 unspecified atom stereocenters. The zero-order valence-electron chi connectivity index (χ0n) is 10.2. The summed E-state index contributed by atoms with van der Waals surface area (Å²) < 4.78 is 0. The third-order valence-corrected chi connectivity index (χ3v) is 2.33. The van der Waals surface area contributed by atoms with Crippen LogP contribution >= 0.6 is 0 Å². The van der Waals surface area contributed by atoms with Gasteiger partial charge in [0.15, 0.2) is 0 Å². The van der Waals surface area contributed by atoms with Crippen LogP contribution in [-0.2, 0) is 4.79 Å². The minimum atomic E-state index is -0.192. The van der Waals surface area contributed by atoms with Crippen LogP contribution in [0.3, 0.4) is 0 Å². The first-order valence-corrected chi connectivity index (χ1v) is 5.50. The number of anilines is 1. The first-order chi connectivity index (χ1) is 8.54. The van der Waals surface area contributed by atoms with Gasteiger partial charge in [0.05, 0.1) is 0 Å². The Hall–Kier alpha value is -2.43. The van der Waals surface area contributed by atoms with Gasteiger partial charge < -0.3 is 10.3 Å². The predicted molar refractivity (Wildman–Crippen MR) is 69.3 cm³/mol. The van der Waals surface area contributed by atoms with Crippen LogP contribution < -0.4 is 10.9 Å². The van der Waals surface area contributed by atoms with Gasteiger partial charge in [-0.3, -0.25) is 9.59 Å². The minimum Gasteiger partial charge on any atom is -0.326 e. The number of benzene rings is 1. The number of carbonyl (C=O) groups excluding carboxylic acids is 1. The molecular formula is C13H13N3O2. The van der Waals surface area contributed by atoms with Crippen molar-refractivity contribution in [2.75, 3.05) is 5.32 Å². The van der Waals surface area contributed by atoms with Crippen molar-refractivity contribution < 1.29 is 4.79 Å². The fourth-order valence-electron chi connectivity index (χ4n) is 1.66. The quantitative estimate of drug-likeness (QED) is 0.843. The van der Waals surface area contributed by atoms with Crippen molar-refractivity contribution >= 4 is 11.6 Å². The summed E-state index contributed by atoms with van der Waals surface area (Å²) in [6.07, 6.45) is 0. The van der Waals surface area contributed by atoms with Crippen molar-refractivity contribution in [1.82, 2.24) is 9.97 Å². The number of aryl methyl sites for hydroxylation is 1. The summed E-state index contributed by atoms with van der Waals surface area (Å²) in [5.74, 6) is 0.352. The SMILES string of the molecule is CC(=O)Nc1cccc(-c2nc(C)cc(=O)[nH]2)c1. The van der Waals surface area contributed by atoms with E-state index in [9.17, 15) is 9.59 Å². The van der Waals surface area contributed by atoms with Crippen molar-refractivity contribution in [3.63, 3.8) is 0 Å². The van der Waals surface area contributed by atoms with Crippen LogP contribution in [0.15, 0.2) is 35.1 Å². The molecule has 2 rings (SSSR count). The van der Waals surface area contributed by atoms with Crippen molar-refractivity contribution in [2.24, 2.45) is 0 Å². The molecule has 0 saturated carbocycles. The number of hydrogen-bond acceptors (Lipinski definition) is 3. The molecule has 0 radical (unpaired) electrons. The van der Waals surface area contributed by atoms with Crippen LogP contribution in [0.5, 0.6) is 0 Å². The number of aromatic amines is 1. The Bertz CT molecular complexity index is 647. The fraction of sp³-hybridized carbons (Fsp3) is 0.154. The lowest BCUT2D eigenvalue weighted by molar-refractivity contribution is -0.114. The van der Waals surface area contributed by atoms with Gasteiger partial charge in [0.2, 0.25) is 5.91 Å². The van der Waals surface area contributed by atoms with Gasteiger partial charge in [-0.15, -0.1) is 0 Å². The number of carbonyl (C=O) groups is 1. The zero-order valence-corrected chi connectivity index (χ0v) is 10.2. The van der Waals surface area contributed by atoms with Crippen molar-refractivity contribution in [3.8, 4) is 11.4 Å². The normalized spacial score (nSPS) is 10.1. The number of amides is 1. The lowest BCUT2D eigenvalue weighted by atomic mass is 10.2. The maximum Gasteiger partial charge on any atom is 0.251 e. The second kappa shape index (κ2) is 4.83. The van der Waals surface area contributed by atoms with Crippen LogP contribution in [0.2, 0.25) is 0 Å². The molecule has 5 heteroatoms. The van der Waals surface area contributed by atoms with Crippen LogP contribution in [0, 0.1) is 6.92 Å². The Morgan fingerprint density at radius 2 is 2.11 bits per heavy atom. The van der Waals surface area contributed by atoms with E-state index in [-0.39, 0.29) is 11.5 Å². The molecule has 0 aliphatic rings. The molecule has 18 heavy (non-hydrogen) atoms. The second-order valence-electron chi connectivity index (χ2n) is 4.00. The molecule has 0 fully saturated rings. The highest BCUT2D eigenvalue weighted by molar-refractivity contribution is 5.89. The van der Waals surface area contributed by atoms with Crippen LogP contribution in [0.4, 0.5) is 5.69 Å². The largest absolute Gasteiger partial charge is 0.326 e. The Morgan fingerprint density at radius 3 is 2.78 bits per heavy atom. The Morgan fingerprint density at radius 1 is 1.33 bits per heavy atom. The Labute approximate surface area is 104 Å². The van der Waals surface area contributed by atoms with Crippen molar-refractivity contribution in [2.45, 2.75) is 13.8 Å². The summed E-state index contributed by atoms with van der Waals surface area (Å²) in [6, 6.07) is 8.59. The molecule has 0 atom stereocenters. The molecule has 2 N–H and O–H groups in total. The van der Waals surface area contributed by atoms with Gasteiger partial charge in [-0.05, 0) is 19.1 Å². The number of hydrogen-bond donors (Lipinski definition) is 2. The molecule has 1 aromatic heterocycles. The van der Waals surface area contributed by atoms with Crippen molar-refractivity contribution in [1.29, 1.82) is 0 Å². The third kappa shape index (κ3) is 2.82. The molecule has 92 valence electrons. The third-order valence-electron chi connectivity index (χ3n) is 2.33. The van der Waals surface area contributed by atoms with Gasteiger partial charge in [-0.2, -0.15) is 0 Å². The van der Waals surface area contributed by atoms with Gasteiger partial charge in [0.25, 0.3) is 5.56 Å². The predicted octanol–water partition coefficient (Wildman–Crippen LogP) is 1.70. The van der Waals surface area contributed by atoms with E-state index >= 15 is 0 Å². The van der Waals surface area contributed by atoms with Gasteiger partial charge in [-0.25, -0.2) is 4.98 Å². The van der Waals surface area contributed by atoms with Gasteiger partial charge in [0, 0.05) is 29.9 Å². The topological polar surface area (TPSA) is 74.8 Å². The van der Waals surface area contributed by atoms with E-state index in [1.54, 1.807) is 25.1 Å². The lowest BCUT2D eigenvalue weighted by Gasteiger charge is -2.05. The van der Waals surface area contributed by atoms with E-state index in [4.69, 9.17) is 0 Å². The highest BCUT2D eigenvalue weighted by Gasteiger charge is 2.03. The molecule has 5 nitrogen and oxygen atoms in total. The number of rotatable bonds is 2. The van der Waals surface area contributed by atoms with E-state index in [0.717, 1.165) is 5.56 Å². The smallest absolute Gasteiger partial charge is 0.251 e. The van der Waals surface area contributed by atoms with E-state index in [0.29, 0.717) is 17.2 Å². The highest BCUT2D eigenvalue weighted by Crippen LogP contribution is 2.18. The molecule has 0 saturated heterocycles. The van der Waals surface area contributed by atoms with Gasteiger partial charge in [0.1, 0.15) is 5.82 Å². The molecule has 0 aliphatic heterocycles. The maximum absolute atomic E-state index is 11.4. The molecule has 0 spiro atoms. The average molecular weight is 243 g/mol. The minimum absolute atomic E-state index is 0.141. The summed E-state index contributed by atoms with van der Waals surface area (Å²) in [7, 11) is 0. The van der Waals surface area contributed by atoms with Crippen LogP contribution in [0.1, 0.15) is 12.6 Å². The number of H-pyrrole nitrogens is 1. The molecule has 0 aliphatic carbocycles. The van der Waals surface area contributed by atoms with E-state index in [1.807, 2.05) is 6.07 Å². The maximum atomic E-state index is 11.4. The van der Waals surface area contributed by atoms with Crippen molar-refractivity contribution in [3.05, 3.63) is 46.4 Å². The summed E-state index contributed by atoms with van der Waals surface area (Å²) >= 11 is 0. The molecule has 1 amide bonds. The summed E-state index contributed by atoms with van der Waals surface area (Å²) in [5, 5.41) is 2.69. The molecule has 2 aromatic rings. The second-order valence-corrected chi connectivity index (χ2v) is 4.00. The lowest BCUT2D eigenvalue weighted by Crippen LogP contribution is -2.09. The molecule has 1 aromatic carbocycles. The van der Waals surface area contributed by atoms with E-state index in [2.05, 4.69) is 15.3 Å². The molecular weight excluding hydrogens is 230 g/mol. The average Bonchev–Trinajstić information content (AvgIpc) is 2.27. The standard InChI is InChI=1S/C13H13N3O2/c1-8-6-12(18)16-13(14-8)10-4-3-5-11(7-10)15-9(2)17/h3-7H,1-2H3,(H,15,17)(H,14,16,18). The fourth-order valence-corrected chi connectivity index (χ4v) is 1.66. The zero-order chi connectivity index (χ0) is 13.1. The van der Waals surface area contributed by atoms with Crippen LogP contribution in [-0.4, -0.2) is 15.9 Å². The summed E-state index contributed by atoms with van der Waals surface area (Å²) in [6.45, 7) is 3.20. The Kier molecular flexibility index (Phi) is 3.23. The number of nitrogens with one attached hydrogen (secondary N) is 2. The monoisotopic (exact) mass is 243 g/mol. The van der Waals surface area contributed by atoms with Crippen LogP contribution in [0.25, 0.3) is 11.4 Å². The summed E-state index contributed by atoms with van der Waals surface area (Å²) in [4.78, 5) is 29.3. The highest BCUT2D eigenvalue weighted by atomic mass is 16.1. The first-order valence-electron chi connectivity index (χ1n) is 5.50. The van der Waals surface area contributed by atoms with Gasteiger partial charge >= 0.3 is 0 Å². The first kappa shape index (κ1) is 12.0. The molecule has 1 heterocycles. The summed E-state index contributed by atoms with van der Waals surface area (Å²) in [5.41, 5.74) is 1.88. The van der Waals surface area contributed by atoms with Gasteiger partial charge in [-0.1, -0.05) is 12.1 Å².